The zero-order valence-corrected chi connectivity index (χ0v) is 16.8. The van der Waals surface area contributed by atoms with E-state index in [1.807, 2.05) is 0 Å². The number of benzene rings is 1. The summed E-state index contributed by atoms with van der Waals surface area (Å²) in [6.45, 7) is 4.26. The monoisotopic (exact) mass is 380 g/mol. The van der Waals surface area contributed by atoms with Crippen LogP contribution in [0.25, 0.3) is 0 Å². The SMILES string of the molecule is CCCC1CCC(C2CCC(COc3cc(C)c(O)c(F)c3F)CC2)CC1. The maximum absolute atomic E-state index is 13.9. The second kappa shape index (κ2) is 9.25. The zero-order valence-electron chi connectivity index (χ0n) is 16.8. The van der Waals surface area contributed by atoms with Gasteiger partial charge in [0.25, 0.3) is 0 Å². The van der Waals surface area contributed by atoms with E-state index in [2.05, 4.69) is 6.92 Å². The van der Waals surface area contributed by atoms with Crippen molar-refractivity contribution in [3.05, 3.63) is 23.3 Å². The summed E-state index contributed by atoms with van der Waals surface area (Å²) >= 11 is 0. The molecule has 0 unspecified atom stereocenters. The standard InChI is InChI=1S/C23H34F2O2/c1-3-4-16-5-9-18(10-6-16)19-11-7-17(8-12-19)14-27-20-13-15(2)23(26)22(25)21(20)24/h13,16-19,26H,3-12,14H2,1-2H3. The largest absolute Gasteiger partial charge is 0.505 e. The smallest absolute Gasteiger partial charge is 0.204 e. The molecule has 152 valence electrons. The van der Waals surface area contributed by atoms with Crippen molar-refractivity contribution in [3.8, 4) is 11.5 Å². The summed E-state index contributed by atoms with van der Waals surface area (Å²) in [5.41, 5.74) is 0.297. The van der Waals surface area contributed by atoms with Crippen molar-refractivity contribution in [1.29, 1.82) is 0 Å². The summed E-state index contributed by atoms with van der Waals surface area (Å²) in [7, 11) is 0. The fourth-order valence-corrected chi connectivity index (χ4v) is 5.21. The van der Waals surface area contributed by atoms with Gasteiger partial charge in [-0.1, -0.05) is 32.6 Å². The molecule has 1 aromatic carbocycles. The Hall–Kier alpha value is -1.32. The molecule has 2 fully saturated rings. The highest BCUT2D eigenvalue weighted by molar-refractivity contribution is 5.41. The molecule has 0 radical (unpaired) electrons. The number of aryl methyl sites for hydroxylation is 1. The molecule has 0 atom stereocenters. The highest BCUT2D eigenvalue weighted by atomic mass is 19.2. The number of phenolic OH excluding ortho intramolecular Hbond substituents is 1. The van der Waals surface area contributed by atoms with Crippen molar-refractivity contribution in [2.45, 2.75) is 78.1 Å². The Balaban J connectivity index is 1.44. The molecule has 1 N–H and O–H groups in total. The molecule has 0 amide bonds. The first-order valence-electron chi connectivity index (χ1n) is 10.8. The molecule has 2 nitrogen and oxygen atoms in total. The van der Waals surface area contributed by atoms with Crippen LogP contribution in [0.2, 0.25) is 0 Å². The van der Waals surface area contributed by atoms with E-state index in [4.69, 9.17) is 4.74 Å². The second-order valence-electron chi connectivity index (χ2n) is 8.83. The Morgan fingerprint density at radius 3 is 2.04 bits per heavy atom. The van der Waals surface area contributed by atoms with Gasteiger partial charge >= 0.3 is 0 Å². The highest BCUT2D eigenvalue weighted by Gasteiger charge is 2.31. The summed E-state index contributed by atoms with van der Waals surface area (Å²) in [5, 5.41) is 9.46. The number of ether oxygens (including phenoxy) is 1. The van der Waals surface area contributed by atoms with Crippen LogP contribution in [-0.4, -0.2) is 11.7 Å². The van der Waals surface area contributed by atoms with Crippen molar-refractivity contribution < 1.29 is 18.6 Å². The topological polar surface area (TPSA) is 29.5 Å². The lowest BCUT2D eigenvalue weighted by molar-refractivity contribution is 0.120. The molecule has 27 heavy (non-hydrogen) atoms. The first kappa shape index (κ1) is 20.4. The van der Waals surface area contributed by atoms with Crippen molar-refractivity contribution in [2.75, 3.05) is 6.61 Å². The predicted molar refractivity (Wildman–Crippen MR) is 104 cm³/mol. The molecule has 0 saturated heterocycles. The minimum atomic E-state index is -1.22. The number of halogens is 2. The molecular formula is C23H34F2O2. The lowest BCUT2D eigenvalue weighted by atomic mass is 9.69. The van der Waals surface area contributed by atoms with E-state index in [9.17, 15) is 13.9 Å². The third-order valence-corrected chi connectivity index (χ3v) is 6.96. The fraction of sp³-hybridized carbons (Fsp3) is 0.739. The molecule has 3 rings (SSSR count). The number of aromatic hydroxyl groups is 1. The summed E-state index contributed by atoms with van der Waals surface area (Å²) < 4.78 is 33.2. The van der Waals surface area contributed by atoms with Gasteiger partial charge in [0.15, 0.2) is 11.5 Å². The van der Waals surface area contributed by atoms with Gasteiger partial charge in [-0.15, -0.1) is 0 Å². The van der Waals surface area contributed by atoms with E-state index in [0.29, 0.717) is 18.1 Å². The average molecular weight is 381 g/mol. The molecule has 2 saturated carbocycles. The molecule has 4 heteroatoms. The Labute approximate surface area is 162 Å². The number of hydrogen-bond acceptors (Lipinski definition) is 2. The molecule has 2 aliphatic rings. The molecule has 0 aromatic heterocycles. The van der Waals surface area contributed by atoms with Crippen LogP contribution in [0.1, 0.15) is 76.7 Å². The van der Waals surface area contributed by atoms with Crippen LogP contribution in [0.5, 0.6) is 11.5 Å². The van der Waals surface area contributed by atoms with E-state index in [0.717, 1.165) is 30.6 Å². The minimum absolute atomic E-state index is 0.0841. The summed E-state index contributed by atoms with van der Waals surface area (Å²) in [4.78, 5) is 0. The van der Waals surface area contributed by atoms with Gasteiger partial charge in [-0.3, -0.25) is 0 Å². The van der Waals surface area contributed by atoms with Crippen molar-refractivity contribution in [2.24, 2.45) is 23.7 Å². The number of hydrogen-bond donors (Lipinski definition) is 1. The van der Waals surface area contributed by atoms with Crippen molar-refractivity contribution in [1.82, 2.24) is 0 Å². The van der Waals surface area contributed by atoms with Crippen LogP contribution in [0, 0.1) is 42.2 Å². The summed E-state index contributed by atoms with van der Waals surface area (Å²) in [6, 6.07) is 1.38. The minimum Gasteiger partial charge on any atom is -0.505 e. The van der Waals surface area contributed by atoms with Gasteiger partial charge in [-0.25, -0.2) is 0 Å². The Morgan fingerprint density at radius 2 is 1.48 bits per heavy atom. The molecular weight excluding hydrogens is 346 g/mol. The van der Waals surface area contributed by atoms with Gasteiger partial charge in [0.05, 0.1) is 6.61 Å². The molecule has 1 aromatic rings. The quantitative estimate of drug-likeness (QED) is 0.590. The molecule has 0 spiro atoms. The Bertz CT molecular complexity index is 615. The zero-order chi connectivity index (χ0) is 19.4. The molecule has 2 aliphatic carbocycles. The van der Waals surface area contributed by atoms with E-state index < -0.39 is 17.4 Å². The summed E-state index contributed by atoms with van der Waals surface area (Å²) in [6.07, 6.45) is 13.0. The van der Waals surface area contributed by atoms with Crippen LogP contribution < -0.4 is 4.74 Å². The second-order valence-corrected chi connectivity index (χ2v) is 8.83. The van der Waals surface area contributed by atoms with E-state index in [1.54, 1.807) is 6.92 Å². The van der Waals surface area contributed by atoms with Crippen LogP contribution in [0.3, 0.4) is 0 Å². The van der Waals surface area contributed by atoms with Gasteiger partial charge in [-0.2, -0.15) is 8.78 Å². The maximum atomic E-state index is 13.9. The van der Waals surface area contributed by atoms with Crippen LogP contribution in [-0.2, 0) is 0 Å². The van der Waals surface area contributed by atoms with Crippen LogP contribution in [0.15, 0.2) is 6.07 Å². The van der Waals surface area contributed by atoms with Crippen molar-refractivity contribution >= 4 is 0 Å². The van der Waals surface area contributed by atoms with Gasteiger partial charge in [0.2, 0.25) is 11.6 Å². The molecule has 0 aliphatic heterocycles. The third kappa shape index (κ3) is 4.94. The van der Waals surface area contributed by atoms with Gasteiger partial charge in [0.1, 0.15) is 0 Å². The van der Waals surface area contributed by atoms with Gasteiger partial charge in [-0.05, 0) is 80.8 Å². The van der Waals surface area contributed by atoms with Gasteiger partial charge < -0.3 is 9.84 Å². The Morgan fingerprint density at radius 1 is 0.926 bits per heavy atom. The first-order chi connectivity index (χ1) is 13.0. The Kier molecular flexibility index (Phi) is 6.99. The van der Waals surface area contributed by atoms with Gasteiger partial charge in [0, 0.05) is 0 Å². The van der Waals surface area contributed by atoms with Crippen molar-refractivity contribution in [3.63, 3.8) is 0 Å². The molecule has 0 bridgehead atoms. The van der Waals surface area contributed by atoms with E-state index >= 15 is 0 Å². The maximum Gasteiger partial charge on any atom is 0.204 e. The average Bonchev–Trinajstić information content (AvgIpc) is 2.69. The predicted octanol–water partition coefficient (Wildman–Crippen LogP) is 6.77. The normalized spacial score (nSPS) is 28.9. The summed E-state index contributed by atoms with van der Waals surface area (Å²) in [5.74, 6) is 0.0886. The van der Waals surface area contributed by atoms with E-state index in [-0.39, 0.29) is 5.75 Å². The highest BCUT2D eigenvalue weighted by Crippen LogP contribution is 2.42. The first-order valence-corrected chi connectivity index (χ1v) is 10.8. The van der Waals surface area contributed by atoms with Crippen LogP contribution >= 0.6 is 0 Å². The lowest BCUT2D eigenvalue weighted by Crippen LogP contribution is -2.27. The number of phenols is 1. The van der Waals surface area contributed by atoms with Crippen LogP contribution in [0.4, 0.5) is 8.78 Å². The lowest BCUT2D eigenvalue weighted by Gasteiger charge is -2.37. The van der Waals surface area contributed by atoms with E-state index in [1.165, 1.54) is 57.4 Å². The third-order valence-electron chi connectivity index (χ3n) is 6.96. The number of rotatable bonds is 6. The fourth-order valence-electron chi connectivity index (χ4n) is 5.21. The molecule has 0 heterocycles.